The molecule has 0 fully saturated rings. The Morgan fingerprint density at radius 2 is 1.83 bits per heavy atom. The fourth-order valence-electron chi connectivity index (χ4n) is 3.62. The first-order chi connectivity index (χ1) is 17.1. The molecule has 2 heterocycles. The van der Waals surface area contributed by atoms with Crippen molar-refractivity contribution in [3.05, 3.63) is 102 Å². The van der Waals surface area contributed by atoms with Gasteiger partial charge in [-0.25, -0.2) is 9.97 Å². The summed E-state index contributed by atoms with van der Waals surface area (Å²) < 4.78 is 0. The van der Waals surface area contributed by atoms with E-state index in [2.05, 4.69) is 30.7 Å². The lowest BCUT2D eigenvalue weighted by molar-refractivity contribution is 0.0951. The Hall–Kier alpha value is -4.92. The third kappa shape index (κ3) is 4.74. The molecule has 0 unspecified atom stereocenters. The minimum Gasteiger partial charge on any atom is -0.382 e. The van der Waals surface area contributed by atoms with E-state index in [1.807, 2.05) is 66.7 Å². The second-order valence-corrected chi connectivity index (χ2v) is 7.89. The number of nitrogens with two attached hydrogens (primary N) is 1. The number of fused-ring (bicyclic) bond motifs is 1. The number of rotatable bonds is 6. The Morgan fingerprint density at radius 1 is 1.03 bits per heavy atom. The fourth-order valence-corrected chi connectivity index (χ4v) is 3.62. The summed E-state index contributed by atoms with van der Waals surface area (Å²) in [6.45, 7) is 2.23. The molecule has 3 aromatic carbocycles. The first-order valence-electron chi connectivity index (χ1n) is 11.0. The maximum Gasteiger partial charge on any atom is 0.251 e. The number of carbonyl (C=O) groups excluding carboxylic acids is 1. The van der Waals surface area contributed by atoms with Gasteiger partial charge < -0.3 is 11.1 Å². The maximum absolute atomic E-state index is 12.7. The molecule has 0 spiro atoms. The van der Waals surface area contributed by atoms with Crippen LogP contribution in [0.25, 0.3) is 22.3 Å². The third-order valence-corrected chi connectivity index (χ3v) is 5.44. The maximum atomic E-state index is 12.7. The van der Waals surface area contributed by atoms with Crippen LogP contribution in [0.2, 0.25) is 0 Å². The first kappa shape index (κ1) is 21.9. The number of carbonyl (C=O) groups is 1. The van der Waals surface area contributed by atoms with Gasteiger partial charge in [-0.3, -0.25) is 4.79 Å². The summed E-state index contributed by atoms with van der Waals surface area (Å²) in [6, 6.07) is 24.5. The molecule has 0 aliphatic heterocycles. The van der Waals surface area contributed by atoms with Gasteiger partial charge in [-0.2, -0.15) is 5.10 Å². The molecule has 0 radical (unpaired) electrons. The van der Waals surface area contributed by atoms with Crippen LogP contribution < -0.4 is 11.1 Å². The minimum absolute atomic E-state index is 0.171. The SMILES string of the molecule is C/C(=N\n1nnc2ccccc21)c1nc(-c2cccc(C(=O)NCc3ccccc3)c2)cnc1N. The summed E-state index contributed by atoms with van der Waals surface area (Å²) in [6.07, 6.45) is 1.58. The zero-order valence-electron chi connectivity index (χ0n) is 19.0. The van der Waals surface area contributed by atoms with Gasteiger partial charge in [0.25, 0.3) is 5.91 Å². The molecule has 9 heteroatoms. The molecule has 0 saturated heterocycles. The van der Waals surface area contributed by atoms with Gasteiger partial charge in [-0.15, -0.1) is 9.89 Å². The molecule has 9 nitrogen and oxygen atoms in total. The van der Waals surface area contributed by atoms with E-state index in [-0.39, 0.29) is 11.7 Å². The van der Waals surface area contributed by atoms with Gasteiger partial charge in [0, 0.05) is 17.7 Å². The predicted octanol–water partition coefficient (Wildman–Crippen LogP) is 3.67. The highest BCUT2D eigenvalue weighted by Crippen LogP contribution is 2.21. The van der Waals surface area contributed by atoms with Crippen LogP contribution >= 0.6 is 0 Å². The van der Waals surface area contributed by atoms with E-state index in [4.69, 9.17) is 5.73 Å². The van der Waals surface area contributed by atoms with E-state index in [9.17, 15) is 4.79 Å². The van der Waals surface area contributed by atoms with Crippen molar-refractivity contribution in [3.63, 3.8) is 0 Å². The third-order valence-electron chi connectivity index (χ3n) is 5.44. The summed E-state index contributed by atoms with van der Waals surface area (Å²) >= 11 is 0. The predicted molar refractivity (Wildman–Crippen MR) is 135 cm³/mol. The zero-order chi connectivity index (χ0) is 24.2. The second kappa shape index (κ2) is 9.52. The number of amides is 1. The minimum atomic E-state index is -0.171. The average Bonchev–Trinajstić information content (AvgIpc) is 3.31. The van der Waals surface area contributed by atoms with Crippen molar-refractivity contribution in [2.75, 3.05) is 5.73 Å². The molecule has 0 aliphatic carbocycles. The number of hydrogen-bond acceptors (Lipinski definition) is 7. The van der Waals surface area contributed by atoms with E-state index in [1.54, 1.807) is 25.3 Å². The lowest BCUT2D eigenvalue weighted by atomic mass is 10.1. The van der Waals surface area contributed by atoms with Crippen LogP contribution in [0.3, 0.4) is 0 Å². The fraction of sp³-hybridized carbons (Fsp3) is 0.0769. The van der Waals surface area contributed by atoms with Crippen LogP contribution in [0.1, 0.15) is 28.5 Å². The van der Waals surface area contributed by atoms with E-state index < -0.39 is 0 Å². The van der Waals surface area contributed by atoms with Gasteiger partial charge in [0.2, 0.25) is 0 Å². The number of aromatic nitrogens is 5. The van der Waals surface area contributed by atoms with Gasteiger partial charge >= 0.3 is 0 Å². The monoisotopic (exact) mass is 462 g/mol. The van der Waals surface area contributed by atoms with Gasteiger partial charge in [0.15, 0.2) is 5.82 Å². The summed E-state index contributed by atoms with van der Waals surface area (Å²) in [5.41, 5.74) is 11.5. The summed E-state index contributed by atoms with van der Waals surface area (Å²) in [5, 5.41) is 15.7. The first-order valence-corrected chi connectivity index (χ1v) is 11.0. The molecule has 2 aromatic heterocycles. The number of benzene rings is 3. The van der Waals surface area contributed by atoms with Crippen molar-refractivity contribution in [1.82, 2.24) is 30.4 Å². The van der Waals surface area contributed by atoms with Crippen molar-refractivity contribution >= 4 is 28.5 Å². The van der Waals surface area contributed by atoms with Gasteiger partial charge in [-0.1, -0.05) is 54.6 Å². The largest absolute Gasteiger partial charge is 0.382 e. The molecule has 0 aliphatic rings. The second-order valence-electron chi connectivity index (χ2n) is 7.89. The topological polar surface area (TPSA) is 124 Å². The Kier molecular flexibility index (Phi) is 5.96. The van der Waals surface area contributed by atoms with Crippen molar-refractivity contribution in [1.29, 1.82) is 0 Å². The Labute approximate surface area is 201 Å². The normalized spacial score (nSPS) is 11.5. The van der Waals surface area contributed by atoms with Crippen molar-refractivity contribution in [2.24, 2.45) is 5.10 Å². The Bertz CT molecular complexity index is 1540. The number of hydrogen-bond donors (Lipinski definition) is 2. The lowest BCUT2D eigenvalue weighted by Gasteiger charge is -2.09. The standard InChI is InChI=1S/C26H22N8O/c1-17(32-34-23-13-6-5-12-21(23)31-33-34)24-25(27)28-16-22(30-24)19-10-7-11-20(14-19)26(35)29-15-18-8-3-2-4-9-18/h2-14,16H,15H2,1H3,(H2,27,28)(H,29,35)/b32-17+. The quantitative estimate of drug-likeness (QED) is 0.371. The van der Waals surface area contributed by atoms with Crippen LogP contribution in [0.4, 0.5) is 5.82 Å². The number of nitrogens with one attached hydrogen (secondary N) is 1. The highest BCUT2D eigenvalue weighted by atomic mass is 16.1. The molecule has 0 atom stereocenters. The molecule has 5 aromatic rings. The van der Waals surface area contributed by atoms with Crippen LogP contribution in [0.5, 0.6) is 0 Å². The van der Waals surface area contributed by atoms with Crippen LogP contribution in [-0.2, 0) is 6.54 Å². The molecular weight excluding hydrogens is 440 g/mol. The summed E-state index contributed by atoms with van der Waals surface area (Å²) in [7, 11) is 0. The van der Waals surface area contributed by atoms with E-state index in [1.165, 1.54) is 4.79 Å². The molecule has 0 bridgehead atoms. The molecule has 1 amide bonds. The van der Waals surface area contributed by atoms with Crippen molar-refractivity contribution in [2.45, 2.75) is 13.5 Å². The molecular formula is C26H22N8O. The molecule has 35 heavy (non-hydrogen) atoms. The highest BCUT2D eigenvalue weighted by Gasteiger charge is 2.13. The number of anilines is 1. The number of nitrogens with zero attached hydrogens (tertiary/aromatic N) is 6. The van der Waals surface area contributed by atoms with Crippen molar-refractivity contribution < 1.29 is 4.79 Å². The van der Waals surface area contributed by atoms with Crippen LogP contribution in [0.15, 0.2) is 90.2 Å². The van der Waals surface area contributed by atoms with Gasteiger partial charge in [-0.05, 0) is 42.0 Å². The average molecular weight is 463 g/mol. The van der Waals surface area contributed by atoms with E-state index >= 15 is 0 Å². The molecule has 5 rings (SSSR count). The van der Waals surface area contributed by atoms with E-state index in [0.717, 1.165) is 22.2 Å². The number of nitrogen functional groups attached to an aromatic ring is 1. The highest BCUT2D eigenvalue weighted by molar-refractivity contribution is 6.01. The van der Waals surface area contributed by atoms with Crippen LogP contribution in [-0.4, -0.2) is 36.7 Å². The van der Waals surface area contributed by atoms with Crippen LogP contribution in [0, 0.1) is 0 Å². The lowest BCUT2D eigenvalue weighted by Crippen LogP contribution is -2.22. The number of para-hydroxylation sites is 1. The molecule has 172 valence electrons. The summed E-state index contributed by atoms with van der Waals surface area (Å²) in [5.74, 6) is 0.0753. The summed E-state index contributed by atoms with van der Waals surface area (Å²) in [4.78, 5) is 23.1. The van der Waals surface area contributed by atoms with Gasteiger partial charge in [0.1, 0.15) is 16.7 Å². The van der Waals surface area contributed by atoms with Gasteiger partial charge in [0.05, 0.1) is 17.6 Å². The smallest absolute Gasteiger partial charge is 0.251 e. The van der Waals surface area contributed by atoms with Crippen molar-refractivity contribution in [3.8, 4) is 11.3 Å². The Balaban J connectivity index is 1.41. The molecule has 3 N–H and O–H groups in total. The molecule has 0 saturated carbocycles. The Morgan fingerprint density at radius 3 is 2.69 bits per heavy atom. The zero-order valence-corrected chi connectivity index (χ0v) is 19.0. The van der Waals surface area contributed by atoms with E-state index in [0.29, 0.717) is 29.2 Å².